The van der Waals surface area contributed by atoms with Crippen LogP contribution in [-0.2, 0) is 6.42 Å². The van der Waals surface area contributed by atoms with Gasteiger partial charge in [-0.15, -0.1) is 0 Å². The second kappa shape index (κ2) is 6.09. The maximum absolute atomic E-state index is 9.84. The third-order valence-corrected chi connectivity index (χ3v) is 3.03. The largest absolute Gasteiger partial charge is 0.490 e. The number of aromatic hydroxyl groups is 1. The Morgan fingerprint density at radius 1 is 1.05 bits per heavy atom. The Hall–Kier alpha value is -2.82. The summed E-state index contributed by atoms with van der Waals surface area (Å²) >= 11 is 0. The third kappa shape index (κ3) is 3.20. The molecular formula is C16H15N3O2. The highest BCUT2D eigenvalue weighted by atomic mass is 16.4. The Labute approximate surface area is 122 Å². The van der Waals surface area contributed by atoms with Gasteiger partial charge in [0.15, 0.2) is 5.76 Å². The van der Waals surface area contributed by atoms with E-state index in [1.54, 1.807) is 6.20 Å². The van der Waals surface area contributed by atoms with Gasteiger partial charge in [-0.2, -0.15) is 4.98 Å². The Morgan fingerprint density at radius 3 is 2.62 bits per heavy atom. The van der Waals surface area contributed by atoms with Gasteiger partial charge in [-0.25, -0.2) is 0 Å². The SMILES string of the molecule is Oc1nc(NCCc2ccccn2)oc1-c1ccccc1. The molecule has 21 heavy (non-hydrogen) atoms. The maximum Gasteiger partial charge on any atom is 0.298 e. The van der Waals surface area contributed by atoms with E-state index < -0.39 is 0 Å². The van der Waals surface area contributed by atoms with Gasteiger partial charge in [-0.3, -0.25) is 4.98 Å². The van der Waals surface area contributed by atoms with Crippen LogP contribution in [0.15, 0.2) is 59.1 Å². The molecule has 1 aromatic carbocycles. The molecule has 0 saturated heterocycles. The Bertz CT molecular complexity index is 696. The minimum absolute atomic E-state index is 0.110. The zero-order valence-electron chi connectivity index (χ0n) is 11.4. The van der Waals surface area contributed by atoms with E-state index in [1.807, 2.05) is 48.5 Å². The Morgan fingerprint density at radius 2 is 1.86 bits per heavy atom. The van der Waals surface area contributed by atoms with Crippen LogP contribution >= 0.6 is 0 Å². The number of oxazole rings is 1. The molecule has 0 aliphatic rings. The molecule has 3 aromatic rings. The number of rotatable bonds is 5. The van der Waals surface area contributed by atoms with E-state index in [2.05, 4.69) is 15.3 Å². The normalized spacial score (nSPS) is 10.5. The predicted molar refractivity (Wildman–Crippen MR) is 80.0 cm³/mol. The monoisotopic (exact) mass is 281 g/mol. The van der Waals surface area contributed by atoms with Crippen molar-refractivity contribution in [3.8, 4) is 17.2 Å². The van der Waals surface area contributed by atoms with Crippen molar-refractivity contribution in [2.75, 3.05) is 11.9 Å². The van der Waals surface area contributed by atoms with Gasteiger partial charge in [0.2, 0.25) is 0 Å². The van der Waals surface area contributed by atoms with Crippen molar-refractivity contribution in [2.45, 2.75) is 6.42 Å². The molecule has 0 atom stereocenters. The zero-order valence-corrected chi connectivity index (χ0v) is 11.4. The summed E-state index contributed by atoms with van der Waals surface area (Å²) in [5, 5.41) is 12.9. The van der Waals surface area contributed by atoms with E-state index in [9.17, 15) is 5.11 Å². The zero-order chi connectivity index (χ0) is 14.5. The fraction of sp³-hybridized carbons (Fsp3) is 0.125. The van der Waals surface area contributed by atoms with E-state index >= 15 is 0 Å². The molecule has 0 fully saturated rings. The summed E-state index contributed by atoms with van der Waals surface area (Å²) in [5.41, 5.74) is 1.78. The van der Waals surface area contributed by atoms with Crippen molar-refractivity contribution in [1.29, 1.82) is 0 Å². The highest BCUT2D eigenvalue weighted by Crippen LogP contribution is 2.31. The lowest BCUT2D eigenvalue weighted by Crippen LogP contribution is -2.05. The number of benzene rings is 1. The maximum atomic E-state index is 9.84. The first kappa shape index (κ1) is 13.2. The quantitative estimate of drug-likeness (QED) is 0.752. The van der Waals surface area contributed by atoms with Crippen molar-refractivity contribution in [3.63, 3.8) is 0 Å². The lowest BCUT2D eigenvalue weighted by atomic mass is 10.2. The number of nitrogens with one attached hydrogen (secondary N) is 1. The fourth-order valence-electron chi connectivity index (χ4n) is 2.01. The molecule has 3 rings (SSSR count). The molecule has 0 bridgehead atoms. The first-order valence-electron chi connectivity index (χ1n) is 6.72. The highest BCUT2D eigenvalue weighted by Gasteiger charge is 2.13. The number of aromatic nitrogens is 2. The van der Waals surface area contributed by atoms with E-state index in [1.165, 1.54) is 0 Å². The van der Waals surface area contributed by atoms with Crippen LogP contribution in [0.25, 0.3) is 11.3 Å². The molecule has 2 aromatic heterocycles. The molecule has 0 aliphatic heterocycles. The molecule has 0 radical (unpaired) electrons. The standard InChI is InChI=1S/C16H15N3O2/c20-15-14(12-6-2-1-3-7-12)21-16(19-15)18-11-9-13-8-4-5-10-17-13/h1-8,10,20H,9,11H2,(H,18,19). The van der Waals surface area contributed by atoms with Crippen LogP contribution in [0.4, 0.5) is 6.01 Å². The van der Waals surface area contributed by atoms with Gasteiger partial charge in [0.1, 0.15) is 0 Å². The summed E-state index contributed by atoms with van der Waals surface area (Å²) in [5.74, 6) is 0.262. The van der Waals surface area contributed by atoms with Crippen LogP contribution in [0, 0.1) is 0 Å². The Kier molecular flexibility index (Phi) is 3.82. The lowest BCUT2D eigenvalue weighted by Gasteiger charge is -2.01. The van der Waals surface area contributed by atoms with Gasteiger partial charge in [0.05, 0.1) is 0 Å². The van der Waals surface area contributed by atoms with Crippen LogP contribution in [0.1, 0.15) is 5.69 Å². The van der Waals surface area contributed by atoms with Gasteiger partial charge in [-0.1, -0.05) is 36.4 Å². The summed E-state index contributed by atoms with van der Waals surface area (Å²) in [7, 11) is 0. The summed E-state index contributed by atoms with van der Waals surface area (Å²) in [6.45, 7) is 0.630. The number of hydrogen-bond donors (Lipinski definition) is 2. The summed E-state index contributed by atoms with van der Waals surface area (Å²) in [6, 6.07) is 15.5. The number of pyridine rings is 1. The van der Waals surface area contributed by atoms with Crippen molar-refractivity contribution in [3.05, 3.63) is 60.4 Å². The first-order chi connectivity index (χ1) is 10.3. The molecule has 0 amide bonds. The van der Waals surface area contributed by atoms with Crippen molar-refractivity contribution in [2.24, 2.45) is 0 Å². The van der Waals surface area contributed by atoms with Crippen LogP contribution in [0.3, 0.4) is 0 Å². The fourth-order valence-corrected chi connectivity index (χ4v) is 2.01. The smallest absolute Gasteiger partial charge is 0.298 e. The van der Waals surface area contributed by atoms with Gasteiger partial charge >= 0.3 is 0 Å². The minimum Gasteiger partial charge on any atom is -0.490 e. The average molecular weight is 281 g/mol. The van der Waals surface area contributed by atoms with Crippen LogP contribution in [0.2, 0.25) is 0 Å². The number of hydrogen-bond acceptors (Lipinski definition) is 5. The van der Waals surface area contributed by atoms with Gasteiger partial charge in [0.25, 0.3) is 11.9 Å². The second-order valence-corrected chi connectivity index (χ2v) is 4.54. The topological polar surface area (TPSA) is 71.2 Å². The van der Waals surface area contributed by atoms with Crippen LogP contribution in [-0.4, -0.2) is 21.6 Å². The van der Waals surface area contributed by atoms with Crippen molar-refractivity contribution in [1.82, 2.24) is 9.97 Å². The van der Waals surface area contributed by atoms with E-state index in [0.29, 0.717) is 18.3 Å². The average Bonchev–Trinajstić information content (AvgIpc) is 2.90. The van der Waals surface area contributed by atoms with Crippen LogP contribution in [0.5, 0.6) is 5.88 Å². The third-order valence-electron chi connectivity index (χ3n) is 3.03. The Balaban J connectivity index is 1.65. The van der Waals surface area contributed by atoms with E-state index in [-0.39, 0.29) is 5.88 Å². The van der Waals surface area contributed by atoms with E-state index in [0.717, 1.165) is 17.7 Å². The van der Waals surface area contributed by atoms with Gasteiger partial charge in [0, 0.05) is 30.4 Å². The summed E-state index contributed by atoms with van der Waals surface area (Å²) < 4.78 is 5.55. The molecule has 5 nitrogen and oxygen atoms in total. The number of anilines is 1. The lowest BCUT2D eigenvalue weighted by molar-refractivity contribution is 0.453. The highest BCUT2D eigenvalue weighted by molar-refractivity contribution is 5.63. The molecule has 0 aliphatic carbocycles. The van der Waals surface area contributed by atoms with Gasteiger partial charge < -0.3 is 14.8 Å². The minimum atomic E-state index is -0.110. The molecule has 0 unspecified atom stereocenters. The summed E-state index contributed by atoms with van der Waals surface area (Å²) in [4.78, 5) is 8.22. The van der Waals surface area contributed by atoms with Gasteiger partial charge in [-0.05, 0) is 12.1 Å². The van der Waals surface area contributed by atoms with Crippen LogP contribution < -0.4 is 5.32 Å². The predicted octanol–water partition coefficient (Wildman–Crippen LogP) is 3.10. The molecule has 2 N–H and O–H groups in total. The summed E-state index contributed by atoms with van der Waals surface area (Å²) in [6.07, 6.45) is 2.52. The first-order valence-corrected chi connectivity index (χ1v) is 6.72. The molecule has 2 heterocycles. The molecule has 0 saturated carbocycles. The molecule has 5 heteroatoms. The van der Waals surface area contributed by atoms with Crippen molar-refractivity contribution >= 4 is 6.01 Å². The van der Waals surface area contributed by atoms with E-state index in [4.69, 9.17) is 4.42 Å². The molecule has 0 spiro atoms. The van der Waals surface area contributed by atoms with Crippen molar-refractivity contribution < 1.29 is 9.52 Å². The molecule has 106 valence electrons. The second-order valence-electron chi connectivity index (χ2n) is 4.54. The molecular weight excluding hydrogens is 266 g/mol. The number of nitrogens with zero attached hydrogens (tertiary/aromatic N) is 2.